The molecule has 1 aliphatic heterocycles. The Kier molecular flexibility index (Phi) is 12.8. The molecule has 9 heteroatoms. The maximum Gasteiger partial charge on any atom is 0.411 e. The molecule has 156 valence electrons. The highest BCUT2D eigenvalue weighted by molar-refractivity contribution is 14.0. The molecule has 0 radical (unpaired) electrons. The van der Waals surface area contributed by atoms with Gasteiger partial charge in [0.2, 0.25) is 0 Å². The van der Waals surface area contributed by atoms with Crippen molar-refractivity contribution in [2.75, 3.05) is 45.9 Å². The molecule has 1 heterocycles. The minimum atomic E-state index is -4.26. The summed E-state index contributed by atoms with van der Waals surface area (Å²) in [4.78, 5) is 7.13. The fourth-order valence-corrected chi connectivity index (χ4v) is 2.78. The molecule has 0 spiro atoms. The number of likely N-dealkylation sites (tertiary alicyclic amines) is 1. The summed E-state index contributed by atoms with van der Waals surface area (Å²) in [6, 6.07) is 0. The molecular formula is C17H34F3IN4O. The molecule has 26 heavy (non-hydrogen) atoms. The number of hydrogen-bond acceptors (Lipinski definition) is 3. The molecule has 0 aromatic rings. The lowest BCUT2D eigenvalue weighted by Crippen LogP contribution is -2.49. The van der Waals surface area contributed by atoms with E-state index in [1.807, 2.05) is 6.92 Å². The van der Waals surface area contributed by atoms with E-state index in [4.69, 9.17) is 0 Å². The molecule has 1 aliphatic rings. The Morgan fingerprint density at radius 3 is 2.35 bits per heavy atom. The average molecular weight is 494 g/mol. The zero-order chi connectivity index (χ0) is 18.8. The van der Waals surface area contributed by atoms with Crippen molar-refractivity contribution in [3.05, 3.63) is 0 Å². The van der Waals surface area contributed by atoms with Gasteiger partial charge >= 0.3 is 6.18 Å². The molecule has 1 saturated heterocycles. The minimum absolute atomic E-state index is 0. The van der Waals surface area contributed by atoms with E-state index >= 15 is 0 Å². The van der Waals surface area contributed by atoms with Crippen LogP contribution in [-0.2, 0) is 4.74 Å². The second-order valence-corrected chi connectivity index (χ2v) is 7.00. The fourth-order valence-electron chi connectivity index (χ4n) is 2.78. The van der Waals surface area contributed by atoms with E-state index in [-0.39, 0.29) is 36.1 Å². The van der Waals surface area contributed by atoms with Gasteiger partial charge in [0.25, 0.3) is 0 Å². The van der Waals surface area contributed by atoms with Crippen molar-refractivity contribution in [1.82, 2.24) is 15.5 Å². The first-order valence-electron chi connectivity index (χ1n) is 9.16. The quantitative estimate of drug-likeness (QED) is 0.223. The summed E-state index contributed by atoms with van der Waals surface area (Å²) in [7, 11) is 0. The van der Waals surface area contributed by atoms with Crippen LogP contribution in [0.5, 0.6) is 0 Å². The Morgan fingerprint density at radius 1 is 1.12 bits per heavy atom. The van der Waals surface area contributed by atoms with Gasteiger partial charge in [-0.15, -0.1) is 24.0 Å². The van der Waals surface area contributed by atoms with Crippen molar-refractivity contribution in [2.24, 2.45) is 4.99 Å². The highest BCUT2D eigenvalue weighted by Gasteiger charge is 2.28. The standard InChI is InChI=1S/C17H33F3N4O.HI/c1-4-21-15(22-9-8-12-25-14-17(18,19)20)23-13-16(2,3)24-10-6-5-7-11-24;/h4-14H2,1-3H3,(H2,21,22,23);1H. The number of nitrogens with one attached hydrogen (secondary N) is 2. The Balaban J connectivity index is 0.00000625. The zero-order valence-electron chi connectivity index (χ0n) is 16.1. The number of rotatable bonds is 9. The smallest absolute Gasteiger partial charge is 0.372 e. The Morgan fingerprint density at radius 2 is 1.77 bits per heavy atom. The largest absolute Gasteiger partial charge is 0.411 e. The molecule has 0 unspecified atom stereocenters. The molecule has 0 aromatic carbocycles. The summed E-state index contributed by atoms with van der Waals surface area (Å²) in [5, 5.41) is 6.33. The summed E-state index contributed by atoms with van der Waals surface area (Å²) in [5.74, 6) is 0.698. The van der Waals surface area contributed by atoms with Gasteiger partial charge in [0.15, 0.2) is 5.96 Å². The lowest BCUT2D eigenvalue weighted by molar-refractivity contribution is -0.173. The lowest BCUT2D eigenvalue weighted by Gasteiger charge is -2.40. The van der Waals surface area contributed by atoms with E-state index in [1.165, 1.54) is 19.3 Å². The van der Waals surface area contributed by atoms with Crippen molar-refractivity contribution in [2.45, 2.75) is 58.2 Å². The van der Waals surface area contributed by atoms with Gasteiger partial charge in [0.1, 0.15) is 6.61 Å². The SMILES string of the molecule is CCNC(=NCC(C)(C)N1CCCCC1)NCCCOCC(F)(F)F.I. The summed E-state index contributed by atoms with van der Waals surface area (Å²) in [5.41, 5.74) is -0.00140. The van der Waals surface area contributed by atoms with Crippen molar-refractivity contribution in [1.29, 1.82) is 0 Å². The van der Waals surface area contributed by atoms with Crippen LogP contribution in [0.25, 0.3) is 0 Å². The van der Waals surface area contributed by atoms with Crippen molar-refractivity contribution < 1.29 is 17.9 Å². The van der Waals surface area contributed by atoms with Gasteiger partial charge in [-0.05, 0) is 53.1 Å². The second kappa shape index (κ2) is 13.0. The van der Waals surface area contributed by atoms with E-state index < -0.39 is 12.8 Å². The third kappa shape index (κ3) is 11.4. The number of alkyl halides is 3. The van der Waals surface area contributed by atoms with E-state index in [9.17, 15) is 13.2 Å². The van der Waals surface area contributed by atoms with E-state index in [2.05, 4.69) is 39.1 Å². The molecule has 5 nitrogen and oxygen atoms in total. The van der Waals surface area contributed by atoms with Gasteiger partial charge in [0.05, 0.1) is 6.54 Å². The Labute approximate surface area is 172 Å². The lowest BCUT2D eigenvalue weighted by atomic mass is 9.99. The molecular weight excluding hydrogens is 460 g/mol. The topological polar surface area (TPSA) is 48.9 Å². The predicted octanol–water partition coefficient (Wildman–Crippen LogP) is 3.39. The monoisotopic (exact) mass is 494 g/mol. The average Bonchev–Trinajstić information content (AvgIpc) is 2.55. The predicted molar refractivity (Wildman–Crippen MR) is 110 cm³/mol. The molecule has 2 N–H and O–H groups in total. The Hall–Kier alpha value is -0.290. The Bertz CT molecular complexity index is 400. The number of aliphatic imine (C=N–C) groups is 1. The van der Waals surface area contributed by atoms with Crippen molar-refractivity contribution in [3.63, 3.8) is 0 Å². The first-order valence-corrected chi connectivity index (χ1v) is 9.16. The first-order chi connectivity index (χ1) is 11.7. The maximum absolute atomic E-state index is 12.0. The maximum atomic E-state index is 12.0. The van der Waals surface area contributed by atoms with E-state index in [0.29, 0.717) is 25.5 Å². The van der Waals surface area contributed by atoms with Gasteiger partial charge in [-0.3, -0.25) is 9.89 Å². The van der Waals surface area contributed by atoms with Gasteiger partial charge in [0, 0.05) is 25.2 Å². The van der Waals surface area contributed by atoms with Crippen molar-refractivity contribution >= 4 is 29.9 Å². The summed E-state index contributed by atoms with van der Waals surface area (Å²) in [6.45, 7) is 9.44. The highest BCUT2D eigenvalue weighted by atomic mass is 127. The van der Waals surface area contributed by atoms with Crippen LogP contribution in [0.15, 0.2) is 4.99 Å². The highest BCUT2D eigenvalue weighted by Crippen LogP contribution is 2.20. The summed E-state index contributed by atoms with van der Waals surface area (Å²) >= 11 is 0. The van der Waals surface area contributed by atoms with Crippen LogP contribution in [0.1, 0.15) is 46.5 Å². The second-order valence-electron chi connectivity index (χ2n) is 7.00. The molecule has 0 atom stereocenters. The molecule has 1 fully saturated rings. The third-order valence-electron chi connectivity index (χ3n) is 4.20. The van der Waals surface area contributed by atoms with Gasteiger partial charge in [-0.2, -0.15) is 13.2 Å². The number of piperidine rings is 1. The van der Waals surface area contributed by atoms with Gasteiger partial charge in [-0.25, -0.2) is 0 Å². The van der Waals surface area contributed by atoms with E-state index in [0.717, 1.165) is 19.6 Å². The zero-order valence-corrected chi connectivity index (χ0v) is 18.5. The van der Waals surface area contributed by atoms with Crippen LogP contribution in [0, 0.1) is 0 Å². The summed E-state index contributed by atoms with van der Waals surface area (Å²) < 4.78 is 40.6. The van der Waals surface area contributed by atoms with Crippen LogP contribution in [0.3, 0.4) is 0 Å². The van der Waals surface area contributed by atoms with Gasteiger partial charge in [-0.1, -0.05) is 6.42 Å². The molecule has 0 saturated carbocycles. The van der Waals surface area contributed by atoms with E-state index in [1.54, 1.807) is 0 Å². The van der Waals surface area contributed by atoms with Crippen LogP contribution in [-0.4, -0.2) is 68.5 Å². The van der Waals surface area contributed by atoms with Crippen LogP contribution < -0.4 is 10.6 Å². The summed E-state index contributed by atoms with van der Waals surface area (Å²) in [6.07, 6.45) is 0.0170. The number of nitrogens with zero attached hydrogens (tertiary/aromatic N) is 2. The van der Waals surface area contributed by atoms with Crippen LogP contribution in [0.4, 0.5) is 13.2 Å². The van der Waals surface area contributed by atoms with Gasteiger partial charge < -0.3 is 15.4 Å². The normalized spacial score (nSPS) is 16.9. The number of ether oxygens (including phenoxy) is 1. The number of hydrogen-bond donors (Lipinski definition) is 2. The number of halogens is 4. The van der Waals surface area contributed by atoms with Crippen LogP contribution in [0.2, 0.25) is 0 Å². The molecule has 1 rings (SSSR count). The molecule has 0 aliphatic carbocycles. The number of guanidine groups is 1. The molecule has 0 bridgehead atoms. The fraction of sp³-hybridized carbons (Fsp3) is 0.941. The third-order valence-corrected chi connectivity index (χ3v) is 4.20. The molecule has 0 aromatic heterocycles. The van der Waals surface area contributed by atoms with Crippen molar-refractivity contribution in [3.8, 4) is 0 Å². The minimum Gasteiger partial charge on any atom is -0.372 e. The van der Waals surface area contributed by atoms with Crippen LogP contribution >= 0.6 is 24.0 Å². The molecule has 0 amide bonds. The first kappa shape index (κ1) is 25.7.